The Morgan fingerprint density at radius 3 is 2.81 bits per heavy atom. The van der Waals surface area contributed by atoms with Gasteiger partial charge in [0, 0.05) is 6.42 Å². The monoisotopic (exact) mass is 354 g/mol. The molecule has 26 heavy (non-hydrogen) atoms. The molecule has 0 amide bonds. The molecule has 0 aromatic carbocycles. The van der Waals surface area contributed by atoms with Crippen molar-refractivity contribution in [2.75, 3.05) is 0 Å². The molecule has 3 saturated carbocycles. The summed E-state index contributed by atoms with van der Waals surface area (Å²) in [7, 11) is 6.07. The Morgan fingerprint density at radius 2 is 1.96 bits per heavy atom. The molecule has 0 saturated heterocycles. The summed E-state index contributed by atoms with van der Waals surface area (Å²) in [6.45, 7) is 0. The van der Waals surface area contributed by atoms with Gasteiger partial charge in [-0.05, 0) is 38.5 Å². The van der Waals surface area contributed by atoms with Gasteiger partial charge in [0.05, 0.1) is 31.4 Å². The molecular weight excluding hydrogens is 327 g/mol. The summed E-state index contributed by atoms with van der Waals surface area (Å²) >= 11 is 0. The van der Waals surface area contributed by atoms with Gasteiger partial charge in [-0.25, -0.2) is 9.98 Å². The molecule has 2 aliphatic heterocycles. The number of carbonyl (C=O) groups excluding carboxylic acids is 1. The molecule has 2 radical (unpaired) electrons. The van der Waals surface area contributed by atoms with Crippen molar-refractivity contribution < 1.29 is 9.53 Å². The first-order valence-corrected chi connectivity index (χ1v) is 10.3. The van der Waals surface area contributed by atoms with Crippen LogP contribution >= 0.6 is 0 Å². The van der Waals surface area contributed by atoms with Crippen molar-refractivity contribution in [2.45, 2.75) is 93.8 Å². The van der Waals surface area contributed by atoms with Crippen LogP contribution in [0.4, 0.5) is 0 Å². The van der Waals surface area contributed by atoms with Crippen molar-refractivity contribution in [3.05, 3.63) is 0 Å². The van der Waals surface area contributed by atoms with E-state index in [2.05, 4.69) is 10.6 Å². The van der Waals surface area contributed by atoms with Gasteiger partial charge in [0.25, 0.3) is 6.02 Å². The fourth-order valence-corrected chi connectivity index (χ4v) is 5.77. The van der Waals surface area contributed by atoms with Crippen molar-refractivity contribution in [3.63, 3.8) is 0 Å². The number of hydrogen-bond acceptors (Lipinski definition) is 6. The number of aliphatic imine (C=N–C) groups is 2. The van der Waals surface area contributed by atoms with Gasteiger partial charge in [0.2, 0.25) is 0 Å². The van der Waals surface area contributed by atoms with Crippen LogP contribution in [-0.4, -0.2) is 49.3 Å². The number of Topliss-reactive ketones (excluding diaryl/α,β-unsaturated/α-hetero) is 1. The minimum absolute atomic E-state index is 0.0383. The predicted molar refractivity (Wildman–Crippen MR) is 100 cm³/mol. The Labute approximate surface area is 156 Å². The lowest BCUT2D eigenvalue weighted by Gasteiger charge is -2.46. The van der Waals surface area contributed by atoms with Crippen LogP contribution in [0.1, 0.15) is 64.2 Å². The van der Waals surface area contributed by atoms with Gasteiger partial charge in [-0.1, -0.05) is 25.1 Å². The van der Waals surface area contributed by atoms with Gasteiger partial charge in [-0.15, -0.1) is 0 Å². The molecule has 5 atom stereocenters. The molecule has 5 unspecified atom stereocenters. The molecular formula is C19H27BN4O2. The summed E-state index contributed by atoms with van der Waals surface area (Å²) < 4.78 is 6.02. The number of hydrogen-bond donors (Lipinski definition) is 2. The minimum Gasteiger partial charge on any atom is -0.459 e. The normalized spacial score (nSPS) is 40.8. The third-order valence-corrected chi connectivity index (χ3v) is 6.97. The quantitative estimate of drug-likeness (QED) is 0.651. The number of nitrogens with zero attached hydrogens (tertiary/aromatic N) is 2. The summed E-state index contributed by atoms with van der Waals surface area (Å²) in [5.74, 6) is 1.40. The molecule has 3 aliphatic carbocycles. The first-order chi connectivity index (χ1) is 12.6. The molecule has 138 valence electrons. The highest BCUT2D eigenvalue weighted by molar-refractivity contribution is 6.11. The first kappa shape index (κ1) is 16.6. The zero-order chi connectivity index (χ0) is 17.7. The molecule has 2 heterocycles. The van der Waals surface area contributed by atoms with E-state index in [1.807, 2.05) is 0 Å². The Hall–Kier alpha value is -1.53. The number of ketones is 1. The van der Waals surface area contributed by atoms with Gasteiger partial charge in [-0.2, -0.15) is 0 Å². The summed E-state index contributed by atoms with van der Waals surface area (Å²) in [5, 5.41) is 6.91. The van der Waals surface area contributed by atoms with Crippen LogP contribution in [0.25, 0.3) is 0 Å². The first-order valence-electron chi connectivity index (χ1n) is 10.3. The summed E-state index contributed by atoms with van der Waals surface area (Å²) in [6.07, 6.45) is 10.1. The third-order valence-electron chi connectivity index (χ3n) is 6.97. The van der Waals surface area contributed by atoms with Crippen LogP contribution in [0.2, 0.25) is 5.82 Å². The predicted octanol–water partition coefficient (Wildman–Crippen LogP) is 1.85. The highest BCUT2D eigenvalue weighted by atomic mass is 16.5. The number of fused-ring (bicyclic) bond motifs is 3. The van der Waals surface area contributed by atoms with Crippen molar-refractivity contribution in [1.29, 1.82) is 0 Å². The Kier molecular flexibility index (Phi) is 4.01. The van der Waals surface area contributed by atoms with Gasteiger partial charge in [-0.3, -0.25) is 10.1 Å². The van der Waals surface area contributed by atoms with E-state index in [1.165, 1.54) is 12.8 Å². The van der Waals surface area contributed by atoms with Gasteiger partial charge in [0.15, 0.2) is 5.96 Å². The summed E-state index contributed by atoms with van der Waals surface area (Å²) in [4.78, 5) is 22.2. The molecule has 0 bridgehead atoms. The number of amidine groups is 1. The van der Waals surface area contributed by atoms with Gasteiger partial charge in [0.1, 0.15) is 11.9 Å². The van der Waals surface area contributed by atoms with Crippen LogP contribution in [0.5, 0.6) is 0 Å². The zero-order valence-electron chi connectivity index (χ0n) is 15.2. The molecule has 5 aliphatic rings. The Bertz CT molecular complexity index is 658. The highest BCUT2D eigenvalue weighted by Crippen LogP contribution is 2.44. The van der Waals surface area contributed by atoms with E-state index in [0.717, 1.165) is 50.9 Å². The van der Waals surface area contributed by atoms with Crippen LogP contribution < -0.4 is 10.6 Å². The van der Waals surface area contributed by atoms with Crippen molar-refractivity contribution in [1.82, 2.24) is 10.6 Å². The lowest BCUT2D eigenvalue weighted by atomic mass is 9.69. The second-order valence-electron chi connectivity index (χ2n) is 8.73. The molecule has 1 spiro atoms. The second-order valence-corrected chi connectivity index (χ2v) is 8.73. The number of ether oxygens (including phenoxy) is 1. The molecule has 0 aromatic rings. The maximum atomic E-state index is 12.7. The third kappa shape index (κ3) is 2.74. The molecule has 3 fully saturated rings. The Balaban J connectivity index is 1.36. The minimum atomic E-state index is -0.124. The highest BCUT2D eigenvalue weighted by Gasteiger charge is 2.52. The largest absolute Gasteiger partial charge is 0.459 e. The maximum Gasteiger partial charge on any atom is 0.292 e. The van der Waals surface area contributed by atoms with E-state index < -0.39 is 0 Å². The SMILES string of the molecule is [B]C1CCC2OC(NC3=NC4CCCC(=O)C4C4(CCCC4)N3)=NC2C1. The topological polar surface area (TPSA) is 75.1 Å². The maximum absolute atomic E-state index is 12.7. The van der Waals surface area contributed by atoms with Gasteiger partial charge >= 0.3 is 0 Å². The van der Waals surface area contributed by atoms with E-state index in [0.29, 0.717) is 18.2 Å². The zero-order valence-corrected chi connectivity index (χ0v) is 15.2. The number of nitrogens with one attached hydrogen (secondary N) is 2. The lowest BCUT2D eigenvalue weighted by molar-refractivity contribution is -0.128. The van der Waals surface area contributed by atoms with E-state index in [-0.39, 0.29) is 35.5 Å². The molecule has 2 N–H and O–H groups in total. The Morgan fingerprint density at radius 1 is 1.12 bits per heavy atom. The second kappa shape index (κ2) is 6.27. The van der Waals surface area contributed by atoms with E-state index in [4.69, 9.17) is 22.6 Å². The number of rotatable bonds is 0. The lowest BCUT2D eigenvalue weighted by Crippen LogP contribution is -2.65. The number of carbonyl (C=O) groups is 1. The van der Waals surface area contributed by atoms with E-state index in [9.17, 15) is 4.79 Å². The van der Waals surface area contributed by atoms with Crippen molar-refractivity contribution in [3.8, 4) is 0 Å². The molecule has 6 nitrogen and oxygen atoms in total. The van der Waals surface area contributed by atoms with Crippen molar-refractivity contribution >= 4 is 25.6 Å². The molecule has 7 heteroatoms. The van der Waals surface area contributed by atoms with Crippen LogP contribution in [0, 0.1) is 5.92 Å². The smallest absolute Gasteiger partial charge is 0.292 e. The summed E-state index contributed by atoms with van der Waals surface area (Å²) in [6, 6.07) is 0.819. The number of guanidine groups is 1. The van der Waals surface area contributed by atoms with Crippen LogP contribution in [-0.2, 0) is 9.53 Å². The summed E-state index contributed by atoms with van der Waals surface area (Å²) in [5.41, 5.74) is -0.124. The fourth-order valence-electron chi connectivity index (χ4n) is 5.77. The van der Waals surface area contributed by atoms with Crippen LogP contribution in [0.15, 0.2) is 9.98 Å². The average molecular weight is 354 g/mol. The van der Waals surface area contributed by atoms with Crippen molar-refractivity contribution in [2.24, 2.45) is 15.9 Å². The standard InChI is InChI=1S/C19H27BN4O2/c20-11-6-7-15-13(10-11)22-18(26-15)23-17-21-12-4-3-5-14(25)16(12)19(24-17)8-1-2-9-19/h11-13,15-16H,1-10H2,(H2,21,22,23,24). The van der Waals surface area contributed by atoms with E-state index >= 15 is 0 Å². The van der Waals surface area contributed by atoms with E-state index in [1.54, 1.807) is 0 Å². The molecule has 5 rings (SSSR count). The molecule has 0 aromatic heterocycles. The van der Waals surface area contributed by atoms with Crippen LogP contribution in [0.3, 0.4) is 0 Å². The fraction of sp³-hybridized carbons (Fsp3) is 0.842. The van der Waals surface area contributed by atoms with Gasteiger partial charge < -0.3 is 10.1 Å². The average Bonchev–Trinajstić information content (AvgIpc) is 3.21.